The maximum Gasteiger partial charge on any atom is 0.127 e. The van der Waals surface area contributed by atoms with Crippen molar-refractivity contribution >= 4 is 14.5 Å². The minimum Gasteiger partial charge on any atom is -0.507 e. The first kappa shape index (κ1) is 21.4. The van der Waals surface area contributed by atoms with Crippen LogP contribution in [0.3, 0.4) is 0 Å². The summed E-state index contributed by atoms with van der Waals surface area (Å²) >= 11 is 0. The van der Waals surface area contributed by atoms with Crippen molar-refractivity contribution in [1.82, 2.24) is 0 Å². The Kier molecular flexibility index (Phi) is 5.54. The van der Waals surface area contributed by atoms with Crippen molar-refractivity contribution in [3.8, 4) is 33.8 Å². The molecule has 1 atom stereocenters. The van der Waals surface area contributed by atoms with Crippen molar-refractivity contribution in [3.63, 3.8) is 0 Å². The van der Waals surface area contributed by atoms with Gasteiger partial charge in [-0.1, -0.05) is 96.1 Å². The van der Waals surface area contributed by atoms with Crippen LogP contribution in [0.5, 0.6) is 11.5 Å². The molecule has 3 heteroatoms. The lowest BCUT2D eigenvalue weighted by Crippen LogP contribution is -2.12. The molecule has 152 valence electrons. The molecule has 3 aromatic rings. The summed E-state index contributed by atoms with van der Waals surface area (Å²) in [5.74, 6) is 0.589. The van der Waals surface area contributed by atoms with E-state index >= 15 is 0 Å². The third kappa shape index (κ3) is 4.05. The number of aromatic hydroxyl groups is 2. The van der Waals surface area contributed by atoms with Crippen LogP contribution in [0.2, 0.25) is 0 Å². The molecule has 29 heavy (non-hydrogen) atoms. The summed E-state index contributed by atoms with van der Waals surface area (Å²) < 4.78 is 0. The summed E-state index contributed by atoms with van der Waals surface area (Å²) in [6.07, 6.45) is 0. The molecule has 0 saturated carbocycles. The quantitative estimate of drug-likeness (QED) is 0.475. The largest absolute Gasteiger partial charge is 0.507 e. The molecule has 0 amide bonds. The second-order valence-electron chi connectivity index (χ2n) is 9.67. The normalized spacial score (nSPS) is 12.2. The van der Waals surface area contributed by atoms with Crippen LogP contribution in [0.25, 0.3) is 22.3 Å². The molecule has 0 aliphatic carbocycles. The first-order valence-corrected chi connectivity index (χ1v) is 10.5. The Morgan fingerprint density at radius 2 is 1.00 bits per heavy atom. The van der Waals surface area contributed by atoms with Crippen LogP contribution in [0.15, 0.2) is 54.6 Å². The average Bonchev–Trinajstić information content (AvgIpc) is 2.60. The highest BCUT2D eigenvalue weighted by Crippen LogP contribution is 2.45. The van der Waals surface area contributed by atoms with Gasteiger partial charge in [0.25, 0.3) is 0 Å². The molecule has 0 aliphatic heterocycles. The van der Waals surface area contributed by atoms with Crippen LogP contribution >= 0.6 is 9.24 Å². The molecule has 3 aromatic carbocycles. The SMILES string of the molecule is CC(C)(C)c1cccc(-c2cccc(P)c2-c2cccc(C(C)(C)C)c2O)c1O. The fraction of sp³-hybridized carbons (Fsp3) is 0.308. The molecule has 0 bridgehead atoms. The third-order valence-corrected chi connectivity index (χ3v) is 5.83. The number of para-hydroxylation sites is 2. The van der Waals surface area contributed by atoms with Crippen molar-refractivity contribution in [2.24, 2.45) is 0 Å². The van der Waals surface area contributed by atoms with Crippen molar-refractivity contribution in [2.75, 3.05) is 0 Å². The third-order valence-electron chi connectivity index (χ3n) is 5.34. The summed E-state index contributed by atoms with van der Waals surface area (Å²) in [6, 6.07) is 17.8. The van der Waals surface area contributed by atoms with Gasteiger partial charge in [-0.05, 0) is 32.8 Å². The van der Waals surface area contributed by atoms with E-state index in [2.05, 4.69) is 50.8 Å². The van der Waals surface area contributed by atoms with Gasteiger partial charge in [-0.15, -0.1) is 9.24 Å². The van der Waals surface area contributed by atoms with Crippen LogP contribution in [0.4, 0.5) is 0 Å². The highest BCUT2D eigenvalue weighted by molar-refractivity contribution is 7.28. The summed E-state index contributed by atoms with van der Waals surface area (Å²) in [5.41, 5.74) is 4.84. The van der Waals surface area contributed by atoms with E-state index in [0.717, 1.165) is 38.7 Å². The first-order valence-electron chi connectivity index (χ1n) is 9.97. The van der Waals surface area contributed by atoms with Gasteiger partial charge >= 0.3 is 0 Å². The number of phenolic OH excluding ortho intramolecular Hbond substituents is 2. The smallest absolute Gasteiger partial charge is 0.127 e. The van der Waals surface area contributed by atoms with Crippen molar-refractivity contribution in [1.29, 1.82) is 0 Å². The molecule has 2 N–H and O–H groups in total. The van der Waals surface area contributed by atoms with Gasteiger partial charge in [-0.25, -0.2) is 0 Å². The molecule has 1 unspecified atom stereocenters. The van der Waals surface area contributed by atoms with Gasteiger partial charge in [0.1, 0.15) is 11.5 Å². The number of rotatable bonds is 2. The van der Waals surface area contributed by atoms with E-state index in [9.17, 15) is 10.2 Å². The number of hydrogen-bond acceptors (Lipinski definition) is 2. The van der Waals surface area contributed by atoms with E-state index in [-0.39, 0.29) is 10.8 Å². The molecule has 0 radical (unpaired) electrons. The van der Waals surface area contributed by atoms with E-state index in [1.54, 1.807) is 0 Å². The fourth-order valence-corrected chi connectivity index (χ4v) is 4.23. The van der Waals surface area contributed by atoms with Gasteiger partial charge in [0, 0.05) is 16.7 Å². The van der Waals surface area contributed by atoms with Gasteiger partial charge in [-0.2, -0.15) is 0 Å². The Balaban J connectivity index is 2.33. The predicted molar refractivity (Wildman–Crippen MR) is 127 cm³/mol. The van der Waals surface area contributed by atoms with Crippen LogP contribution < -0.4 is 5.30 Å². The lowest BCUT2D eigenvalue weighted by molar-refractivity contribution is 0.447. The zero-order chi connectivity index (χ0) is 21.6. The molecule has 0 spiro atoms. The highest BCUT2D eigenvalue weighted by atomic mass is 31.0. The maximum atomic E-state index is 11.2. The lowest BCUT2D eigenvalue weighted by atomic mass is 9.82. The molecule has 0 heterocycles. The van der Waals surface area contributed by atoms with Crippen molar-refractivity contribution in [2.45, 2.75) is 52.4 Å². The summed E-state index contributed by atoms with van der Waals surface area (Å²) in [5, 5.41) is 23.3. The molecule has 2 nitrogen and oxygen atoms in total. The second-order valence-corrected chi connectivity index (χ2v) is 10.3. The van der Waals surface area contributed by atoms with Crippen LogP contribution in [-0.2, 0) is 10.8 Å². The number of phenols is 2. The van der Waals surface area contributed by atoms with Crippen LogP contribution in [0.1, 0.15) is 52.7 Å². The predicted octanol–water partition coefficient (Wildman–Crippen LogP) is 6.53. The standard InChI is InChI=1S/C26H31O2P/c1-25(2,3)19-13-7-11-17(23(19)27)16-10-9-15-21(29)22(16)18-12-8-14-20(24(18)28)26(4,5)6/h7-15,27-28H,29H2,1-6H3. The molecular formula is C26H31O2P. The topological polar surface area (TPSA) is 40.5 Å². The maximum absolute atomic E-state index is 11.2. The Morgan fingerprint density at radius 1 is 0.586 bits per heavy atom. The number of benzene rings is 3. The molecule has 0 aromatic heterocycles. The lowest BCUT2D eigenvalue weighted by Gasteiger charge is -2.25. The first-order chi connectivity index (χ1) is 13.4. The Bertz CT molecular complexity index is 1050. The molecule has 0 aliphatic rings. The molecule has 0 fully saturated rings. The van der Waals surface area contributed by atoms with E-state index in [4.69, 9.17) is 0 Å². The number of hydrogen-bond donors (Lipinski definition) is 2. The minimum atomic E-state index is -0.176. The zero-order valence-corrected chi connectivity index (χ0v) is 19.3. The Labute approximate surface area is 176 Å². The highest BCUT2D eigenvalue weighted by Gasteiger charge is 2.25. The monoisotopic (exact) mass is 406 g/mol. The molecular weight excluding hydrogens is 375 g/mol. The van der Waals surface area contributed by atoms with Gasteiger partial charge < -0.3 is 10.2 Å². The van der Waals surface area contributed by atoms with Gasteiger partial charge in [0.15, 0.2) is 0 Å². The van der Waals surface area contributed by atoms with E-state index in [1.807, 2.05) is 54.6 Å². The second kappa shape index (κ2) is 7.50. The Hall–Kier alpha value is -2.31. The van der Waals surface area contributed by atoms with Gasteiger partial charge in [0.2, 0.25) is 0 Å². The van der Waals surface area contributed by atoms with E-state index < -0.39 is 0 Å². The molecule has 0 saturated heterocycles. The zero-order valence-electron chi connectivity index (χ0n) is 18.2. The fourth-order valence-electron chi connectivity index (χ4n) is 3.81. The van der Waals surface area contributed by atoms with E-state index in [0.29, 0.717) is 11.5 Å². The van der Waals surface area contributed by atoms with Gasteiger partial charge in [0.05, 0.1) is 0 Å². The summed E-state index contributed by atoms with van der Waals surface area (Å²) in [4.78, 5) is 0. The van der Waals surface area contributed by atoms with E-state index in [1.165, 1.54) is 0 Å². The van der Waals surface area contributed by atoms with Crippen LogP contribution in [-0.4, -0.2) is 10.2 Å². The van der Waals surface area contributed by atoms with Crippen molar-refractivity contribution in [3.05, 3.63) is 65.7 Å². The average molecular weight is 407 g/mol. The Morgan fingerprint density at radius 3 is 1.52 bits per heavy atom. The molecule has 3 rings (SSSR count). The summed E-state index contributed by atoms with van der Waals surface area (Å²) in [7, 11) is 2.77. The van der Waals surface area contributed by atoms with Crippen LogP contribution in [0, 0.1) is 0 Å². The van der Waals surface area contributed by atoms with Crippen molar-refractivity contribution < 1.29 is 10.2 Å². The summed E-state index contributed by atoms with van der Waals surface area (Å²) in [6.45, 7) is 12.6. The minimum absolute atomic E-state index is 0.173. The van der Waals surface area contributed by atoms with Gasteiger partial charge in [-0.3, -0.25) is 0 Å².